The van der Waals surface area contributed by atoms with Crippen LogP contribution in [0.5, 0.6) is 17.2 Å². The van der Waals surface area contributed by atoms with E-state index in [1.54, 1.807) is 69.7 Å². The number of nitrogens with zero attached hydrogens (tertiary/aromatic N) is 12. The van der Waals surface area contributed by atoms with Crippen LogP contribution in [0.1, 0.15) is 119 Å². The van der Waals surface area contributed by atoms with Gasteiger partial charge in [-0.2, -0.15) is 9.41 Å². The molecule has 24 heteroatoms. The molecule has 6 aromatic heterocycles. The fourth-order valence-corrected chi connectivity index (χ4v) is 10.7. The predicted octanol–water partition coefficient (Wildman–Crippen LogP) is 1.62. The molecule has 8 fully saturated rings. The molecule has 4 atom stereocenters. The summed E-state index contributed by atoms with van der Waals surface area (Å²) < 4.78 is 27.4. The summed E-state index contributed by atoms with van der Waals surface area (Å²) in [7, 11) is 3.32. The average molecular weight is 1150 g/mol. The lowest BCUT2D eigenvalue weighted by molar-refractivity contribution is -0.770. The molecule has 8 aliphatic rings. The van der Waals surface area contributed by atoms with Gasteiger partial charge in [-0.1, -0.05) is 40.7 Å². The molecule has 2 aliphatic heterocycles. The van der Waals surface area contributed by atoms with Crippen molar-refractivity contribution in [3.63, 3.8) is 0 Å². The SMILES string of the molecule is CN(C)C(=O)C[n+]1cc(-c2[nH]c(=O)c(C#CC3CC3)cc2OC2CC2n2nc(-c3[nH]c(=O)c(C#CC4CC4)cc3OC3CC3)c[n+]2CC(=O)N2CCCC2)n(C2CC2Oc2cc(C#CC3CC3)c[n+]([O-])c2-c2c[n+](CC(=O)N3CCCC3)[nH]n2)n1. The average Bonchev–Trinajstić information content (AvgIpc) is 2.25. The second-order valence-corrected chi connectivity index (χ2v) is 24.0. The highest BCUT2D eigenvalue weighted by Crippen LogP contribution is 2.46. The third-order valence-corrected chi connectivity index (χ3v) is 16.5. The molecular weight excluding hydrogens is 1090 g/mol. The van der Waals surface area contributed by atoms with Crippen LogP contribution < -0.4 is 44.1 Å². The number of carbonyl (C=O) groups excluding carboxylic acids is 3. The zero-order valence-electron chi connectivity index (χ0n) is 47.6. The summed E-state index contributed by atoms with van der Waals surface area (Å²) in [5.74, 6) is 20.4. The van der Waals surface area contributed by atoms with E-state index in [0.29, 0.717) is 89.4 Å². The van der Waals surface area contributed by atoms with Gasteiger partial charge in [0, 0.05) is 89.1 Å². The number of nitrogens with one attached hydrogen (secondary N) is 3. The van der Waals surface area contributed by atoms with E-state index in [2.05, 4.69) is 55.8 Å². The van der Waals surface area contributed by atoms with Crippen LogP contribution in [0.25, 0.3) is 34.2 Å². The molecule has 2 saturated heterocycles. The van der Waals surface area contributed by atoms with Crippen molar-refractivity contribution in [2.24, 2.45) is 17.8 Å². The van der Waals surface area contributed by atoms with E-state index in [4.69, 9.17) is 24.5 Å². The fourth-order valence-electron chi connectivity index (χ4n) is 10.7. The number of hydrogen-bond donors (Lipinski definition) is 3. The second kappa shape index (κ2) is 22.1. The summed E-state index contributed by atoms with van der Waals surface area (Å²) in [6, 6.07) is 4.20. The minimum atomic E-state index is -0.567. The van der Waals surface area contributed by atoms with Gasteiger partial charge in [0.1, 0.15) is 35.1 Å². The Morgan fingerprint density at radius 1 is 0.671 bits per heavy atom. The molecule has 0 aromatic carbocycles. The largest absolute Gasteiger partial charge is 0.618 e. The monoisotopic (exact) mass is 1150 g/mol. The van der Waals surface area contributed by atoms with Crippen LogP contribution in [0.2, 0.25) is 0 Å². The quantitative estimate of drug-likeness (QED) is 0.0669. The van der Waals surface area contributed by atoms with Crippen molar-refractivity contribution in [1.29, 1.82) is 0 Å². The van der Waals surface area contributed by atoms with Crippen LogP contribution in [-0.4, -0.2) is 131 Å². The summed E-state index contributed by atoms with van der Waals surface area (Å²) in [5, 5.41) is 31.4. The molecular formula is C61H66N15O9+3. The van der Waals surface area contributed by atoms with Crippen molar-refractivity contribution >= 4 is 17.7 Å². The molecule has 85 heavy (non-hydrogen) atoms. The summed E-state index contributed by atoms with van der Waals surface area (Å²) in [6.07, 6.45) is 17.7. The lowest BCUT2D eigenvalue weighted by Crippen LogP contribution is -2.50. The molecule has 14 rings (SSSR count). The van der Waals surface area contributed by atoms with Gasteiger partial charge in [-0.15, -0.1) is 14.0 Å². The highest BCUT2D eigenvalue weighted by Gasteiger charge is 2.52. The molecule has 436 valence electrons. The number of hydrogen-bond acceptors (Lipinski definition) is 12. The number of H-pyrrole nitrogens is 3. The van der Waals surface area contributed by atoms with Gasteiger partial charge in [0.05, 0.1) is 38.2 Å². The number of likely N-dealkylation sites (N-methyl/N-ethyl adjacent to an activating group) is 1. The second-order valence-electron chi connectivity index (χ2n) is 24.0. The molecule has 3 N–H and O–H groups in total. The molecule has 8 heterocycles. The van der Waals surface area contributed by atoms with Gasteiger partial charge in [0.25, 0.3) is 34.5 Å². The maximum atomic E-state index is 14.2. The molecule has 0 spiro atoms. The Bertz CT molecular complexity index is 4000. The van der Waals surface area contributed by atoms with Crippen molar-refractivity contribution in [1.82, 2.24) is 54.8 Å². The summed E-state index contributed by atoms with van der Waals surface area (Å²) in [6.45, 7) is 2.61. The summed E-state index contributed by atoms with van der Waals surface area (Å²) >= 11 is 0. The predicted molar refractivity (Wildman–Crippen MR) is 299 cm³/mol. The molecule has 4 unspecified atom stereocenters. The van der Waals surface area contributed by atoms with Crippen LogP contribution >= 0.6 is 0 Å². The van der Waals surface area contributed by atoms with Crippen molar-refractivity contribution in [2.45, 2.75) is 140 Å². The number of aromatic nitrogens is 12. The number of amides is 3. The third-order valence-electron chi connectivity index (χ3n) is 16.5. The number of likely N-dealkylation sites (tertiary alicyclic amines) is 2. The molecule has 3 amide bonds. The topological polar surface area (TPSA) is 257 Å². The Morgan fingerprint density at radius 3 is 1.89 bits per heavy atom. The standard InChI is InChI=1S/C61H63N15O9/c1-68(2)54(77)34-72-33-48(75(67-72)46-28-49(46)85-53-25-40(14-13-37-7-8-37)30-74(82)59(53)45-31-71(66-64-45)35-55(78)69-21-3-4-22-69)58-52(27-42(61(81)63-58)18-16-39-11-12-39)84-50-29-47(50)76-65-44(32-73(76)36-56(79)70-23-5-6-24-70)57-51(83-43-19-20-43)26-41(60(80)62-57)17-15-38-9-10-38/h25-27,30-33,37-39,43,46-47,49-50H,3-12,19-24,28-29,34-36H2,1-2H3/p+3. The molecule has 6 saturated carbocycles. The van der Waals surface area contributed by atoms with Crippen LogP contribution in [-0.2, 0) is 34.0 Å². The van der Waals surface area contributed by atoms with E-state index >= 15 is 0 Å². The number of carbonyl (C=O) groups is 3. The molecule has 24 nitrogen and oxygen atoms in total. The first-order chi connectivity index (χ1) is 41.3. The van der Waals surface area contributed by atoms with Crippen LogP contribution in [0.15, 0.2) is 52.6 Å². The highest BCUT2D eigenvalue weighted by molar-refractivity contribution is 5.76. The van der Waals surface area contributed by atoms with Gasteiger partial charge < -0.3 is 44.1 Å². The first-order valence-electron chi connectivity index (χ1n) is 29.9. The fraction of sp³-hybridized carbons (Fsp3) is 0.508. The van der Waals surface area contributed by atoms with Crippen molar-refractivity contribution in [3.05, 3.63) is 85.6 Å². The van der Waals surface area contributed by atoms with Gasteiger partial charge in [-0.3, -0.25) is 24.0 Å². The minimum absolute atomic E-state index is 0.00108. The third kappa shape index (κ3) is 12.1. The summed E-state index contributed by atoms with van der Waals surface area (Å²) in [4.78, 5) is 81.3. The van der Waals surface area contributed by atoms with Gasteiger partial charge in [0.2, 0.25) is 5.69 Å². The smallest absolute Gasteiger partial charge is 0.317 e. The lowest BCUT2D eigenvalue weighted by atomic mass is 10.2. The van der Waals surface area contributed by atoms with Gasteiger partial charge in [-0.05, 0) is 81.8 Å². The van der Waals surface area contributed by atoms with Crippen LogP contribution in [0, 0.1) is 58.5 Å². The molecule has 0 bridgehead atoms. The van der Waals surface area contributed by atoms with Gasteiger partial charge in [0.15, 0.2) is 62.3 Å². The maximum absolute atomic E-state index is 14.2. The Balaban J connectivity index is 0.798. The zero-order chi connectivity index (χ0) is 58.0. The van der Waals surface area contributed by atoms with E-state index in [9.17, 15) is 29.2 Å². The van der Waals surface area contributed by atoms with Crippen molar-refractivity contribution < 1.29 is 47.4 Å². The van der Waals surface area contributed by atoms with E-state index in [0.717, 1.165) is 77.0 Å². The zero-order valence-corrected chi connectivity index (χ0v) is 47.6. The van der Waals surface area contributed by atoms with Gasteiger partial charge >= 0.3 is 11.4 Å². The maximum Gasteiger partial charge on any atom is 0.317 e. The van der Waals surface area contributed by atoms with E-state index in [1.165, 1.54) is 15.8 Å². The van der Waals surface area contributed by atoms with Crippen molar-refractivity contribution in [2.75, 3.05) is 40.3 Å². The normalized spacial score (nSPS) is 21.1. The van der Waals surface area contributed by atoms with E-state index < -0.39 is 29.9 Å². The summed E-state index contributed by atoms with van der Waals surface area (Å²) in [5.41, 5.74) is 2.08. The molecule has 6 aliphatic carbocycles. The van der Waals surface area contributed by atoms with Crippen molar-refractivity contribution in [3.8, 4) is 86.9 Å². The van der Waals surface area contributed by atoms with Crippen LogP contribution in [0.4, 0.5) is 0 Å². The molecule has 0 radical (unpaired) electrons. The number of rotatable bonds is 17. The number of pyridine rings is 3. The van der Waals surface area contributed by atoms with E-state index in [1.807, 2.05) is 9.80 Å². The minimum Gasteiger partial charge on any atom is -0.618 e. The first-order valence-corrected chi connectivity index (χ1v) is 29.9. The Hall–Kier alpha value is -9.24. The lowest BCUT2D eigenvalue weighted by Gasteiger charge is -2.14. The van der Waals surface area contributed by atoms with E-state index in [-0.39, 0.29) is 89.2 Å². The number of ether oxygens (including phenoxy) is 3. The van der Waals surface area contributed by atoms with Crippen LogP contribution in [0.3, 0.4) is 0 Å². The Kier molecular flexibility index (Phi) is 14.0. The number of aromatic amines is 3. The molecule has 6 aromatic rings. The Morgan fingerprint density at radius 2 is 1.26 bits per heavy atom. The highest BCUT2D eigenvalue weighted by atomic mass is 16.5. The first kappa shape index (κ1) is 53.7. The Labute approximate surface area is 488 Å². The van der Waals surface area contributed by atoms with Gasteiger partial charge in [-0.25, -0.2) is 0 Å².